The van der Waals surface area contributed by atoms with E-state index in [4.69, 9.17) is 4.99 Å². The maximum atomic E-state index is 13.4. The van der Waals surface area contributed by atoms with Gasteiger partial charge >= 0.3 is 5.69 Å². The fraction of sp³-hybridized carbons (Fsp3) is 0.182. The number of nitrogens with zero attached hydrogens (tertiary/aromatic N) is 3. The van der Waals surface area contributed by atoms with Crippen LogP contribution in [-0.4, -0.2) is 20.6 Å². The molecule has 0 fully saturated rings. The number of aromatic nitrogens is 2. The Morgan fingerprint density at radius 2 is 1.52 bits per heavy atom. The van der Waals surface area contributed by atoms with Crippen molar-refractivity contribution in [1.82, 2.24) is 9.13 Å². The first kappa shape index (κ1) is 18.2. The monoisotopic (exact) mass is 497 g/mol. The van der Waals surface area contributed by atoms with Crippen molar-refractivity contribution < 1.29 is 4.79 Å². The van der Waals surface area contributed by atoms with Gasteiger partial charge in [-0.2, -0.15) is 0 Å². The number of aliphatic imine (C=N–C) groups is 1. The molecule has 0 radical (unpaired) electrons. The number of carbonyl (C=O) groups excluding carboxylic acids is 1. The second kappa shape index (κ2) is 6.35. The number of ketones is 1. The number of hydrogen-bond donors (Lipinski definition) is 0. The van der Waals surface area contributed by atoms with E-state index in [0.717, 1.165) is 19.3 Å². The number of benzene rings is 2. The van der Waals surface area contributed by atoms with Gasteiger partial charge in [-0.05, 0) is 40.3 Å². The van der Waals surface area contributed by atoms with Crippen LogP contribution in [-0.2, 0) is 14.1 Å². The summed E-state index contributed by atoms with van der Waals surface area (Å²) in [6, 6.07) is 15.2. The van der Waals surface area contributed by atoms with Gasteiger partial charge in [0.15, 0.2) is 5.78 Å². The molecule has 0 unspecified atom stereocenters. The van der Waals surface area contributed by atoms with E-state index in [0.29, 0.717) is 22.7 Å². The minimum Gasteiger partial charge on any atom is -0.293 e. The molecule has 2 atom stereocenters. The van der Waals surface area contributed by atoms with E-state index in [9.17, 15) is 14.4 Å². The summed E-state index contributed by atoms with van der Waals surface area (Å²) in [5.74, 6) is -0.785. The molecule has 0 bridgehead atoms. The van der Waals surface area contributed by atoms with Gasteiger partial charge in [0.25, 0.3) is 5.56 Å². The molecule has 2 heterocycles. The standard InChI is InChI=1S/C22H16IN3O3/c1-25-20-17(21(28)26(2)22(25)29)15(11-7-9-12(23)10-8-11)16-18(24-20)13-5-3-4-6-14(13)19(16)27/h3-10,15-16H,1-2H3/t15-,16-/m1/s1. The van der Waals surface area contributed by atoms with E-state index in [-0.39, 0.29) is 5.78 Å². The molecule has 144 valence electrons. The third-order valence-electron chi connectivity index (χ3n) is 5.81. The molecule has 1 aromatic heterocycles. The lowest BCUT2D eigenvalue weighted by atomic mass is 9.76. The van der Waals surface area contributed by atoms with Crippen LogP contribution in [0.5, 0.6) is 0 Å². The predicted molar refractivity (Wildman–Crippen MR) is 118 cm³/mol. The van der Waals surface area contributed by atoms with Gasteiger partial charge in [-0.15, -0.1) is 0 Å². The summed E-state index contributed by atoms with van der Waals surface area (Å²) in [7, 11) is 3.07. The van der Waals surface area contributed by atoms with Crippen molar-refractivity contribution in [2.75, 3.05) is 0 Å². The number of halogens is 1. The van der Waals surface area contributed by atoms with E-state index >= 15 is 0 Å². The molecule has 1 aliphatic heterocycles. The third kappa shape index (κ3) is 2.46. The van der Waals surface area contributed by atoms with Crippen LogP contribution >= 0.6 is 22.6 Å². The Labute approximate surface area is 179 Å². The van der Waals surface area contributed by atoms with Gasteiger partial charge in [0.2, 0.25) is 0 Å². The Morgan fingerprint density at radius 1 is 0.862 bits per heavy atom. The molecule has 0 N–H and O–H groups in total. The van der Waals surface area contributed by atoms with Crippen molar-refractivity contribution in [3.63, 3.8) is 0 Å². The smallest absolute Gasteiger partial charge is 0.293 e. The van der Waals surface area contributed by atoms with Crippen molar-refractivity contribution in [3.8, 4) is 0 Å². The molecule has 29 heavy (non-hydrogen) atoms. The molecule has 7 heteroatoms. The fourth-order valence-corrected chi connectivity index (χ4v) is 4.76. The van der Waals surface area contributed by atoms with Crippen LogP contribution in [0.4, 0.5) is 5.82 Å². The van der Waals surface area contributed by atoms with E-state index in [1.807, 2.05) is 42.5 Å². The molecular formula is C22H16IN3O3. The number of rotatable bonds is 1. The summed E-state index contributed by atoms with van der Waals surface area (Å²) in [5, 5.41) is 0. The molecule has 2 aromatic carbocycles. The maximum absolute atomic E-state index is 13.4. The van der Waals surface area contributed by atoms with Crippen molar-refractivity contribution in [1.29, 1.82) is 0 Å². The average molecular weight is 497 g/mol. The van der Waals surface area contributed by atoms with Gasteiger partial charge in [0.05, 0.1) is 17.2 Å². The van der Waals surface area contributed by atoms with Gasteiger partial charge in [0.1, 0.15) is 5.82 Å². The van der Waals surface area contributed by atoms with Crippen LogP contribution in [0.25, 0.3) is 0 Å². The Bertz CT molecular complexity index is 1350. The highest BCUT2D eigenvalue weighted by Gasteiger charge is 2.47. The second-order valence-corrected chi connectivity index (χ2v) is 8.60. The molecule has 0 spiro atoms. The van der Waals surface area contributed by atoms with Crippen molar-refractivity contribution in [3.05, 3.63) is 95.2 Å². The first-order valence-electron chi connectivity index (χ1n) is 9.17. The molecule has 0 amide bonds. The van der Waals surface area contributed by atoms with Crippen LogP contribution in [0.15, 0.2) is 63.1 Å². The lowest BCUT2D eigenvalue weighted by Gasteiger charge is -2.29. The van der Waals surface area contributed by atoms with Crippen molar-refractivity contribution in [2.45, 2.75) is 5.92 Å². The predicted octanol–water partition coefficient (Wildman–Crippen LogP) is 2.77. The van der Waals surface area contributed by atoms with Gasteiger partial charge in [-0.1, -0.05) is 36.4 Å². The highest BCUT2D eigenvalue weighted by molar-refractivity contribution is 14.1. The molecule has 1 aliphatic carbocycles. The van der Waals surface area contributed by atoms with E-state index in [2.05, 4.69) is 22.6 Å². The fourth-order valence-electron chi connectivity index (χ4n) is 4.40. The molecule has 2 aliphatic rings. The normalized spacial score (nSPS) is 19.4. The topological polar surface area (TPSA) is 73.4 Å². The summed E-state index contributed by atoms with van der Waals surface area (Å²) >= 11 is 2.22. The van der Waals surface area contributed by atoms with Gasteiger partial charge in [-0.25, -0.2) is 9.79 Å². The van der Waals surface area contributed by atoms with Crippen molar-refractivity contribution in [2.24, 2.45) is 25.0 Å². The summed E-state index contributed by atoms with van der Waals surface area (Å²) in [6.07, 6.45) is 0. The largest absolute Gasteiger partial charge is 0.332 e. The summed E-state index contributed by atoms with van der Waals surface area (Å²) in [6.45, 7) is 0. The maximum Gasteiger partial charge on any atom is 0.332 e. The Morgan fingerprint density at radius 3 is 2.21 bits per heavy atom. The van der Waals surface area contributed by atoms with Crippen LogP contribution in [0.2, 0.25) is 0 Å². The van der Waals surface area contributed by atoms with Crippen LogP contribution < -0.4 is 11.2 Å². The SMILES string of the molecule is Cn1c2c(c(=O)n(C)c1=O)[C@H](c1ccc(I)cc1)[C@H]1C(=O)c3ccccc3C1=N2. The quantitative estimate of drug-likeness (QED) is 0.486. The van der Waals surface area contributed by atoms with Gasteiger partial charge < -0.3 is 0 Å². The molecule has 0 saturated carbocycles. The Kier molecular flexibility index (Phi) is 3.99. The van der Waals surface area contributed by atoms with Gasteiger partial charge in [0, 0.05) is 34.7 Å². The zero-order chi connectivity index (χ0) is 20.4. The highest BCUT2D eigenvalue weighted by atomic mass is 127. The van der Waals surface area contributed by atoms with Crippen molar-refractivity contribution >= 4 is 39.9 Å². The second-order valence-electron chi connectivity index (χ2n) is 7.36. The number of fused-ring (bicyclic) bond motifs is 4. The van der Waals surface area contributed by atoms with Crippen LogP contribution in [0.3, 0.4) is 0 Å². The molecule has 6 nitrogen and oxygen atoms in total. The lowest BCUT2D eigenvalue weighted by Crippen LogP contribution is -2.43. The average Bonchev–Trinajstić information content (AvgIpc) is 3.02. The Balaban J connectivity index is 1.90. The minimum atomic E-state index is -0.579. The first-order chi connectivity index (χ1) is 13.9. The Hall–Kier alpha value is -2.81. The van der Waals surface area contributed by atoms with Crippen LogP contribution in [0.1, 0.15) is 33.0 Å². The summed E-state index contributed by atoms with van der Waals surface area (Å²) in [4.78, 5) is 43.8. The molecule has 5 rings (SSSR count). The van der Waals surface area contributed by atoms with Crippen LogP contribution in [0, 0.1) is 9.49 Å². The zero-order valence-corrected chi connectivity index (χ0v) is 17.9. The molecule has 0 saturated heterocycles. The summed E-state index contributed by atoms with van der Waals surface area (Å²) < 4.78 is 3.54. The van der Waals surface area contributed by atoms with Gasteiger partial charge in [-0.3, -0.25) is 18.7 Å². The molecule has 3 aromatic rings. The minimum absolute atomic E-state index is 0.0375. The molecular weight excluding hydrogens is 481 g/mol. The lowest BCUT2D eigenvalue weighted by molar-refractivity contribution is 0.0953. The zero-order valence-electron chi connectivity index (χ0n) is 15.7. The third-order valence-corrected chi connectivity index (χ3v) is 6.53. The number of carbonyl (C=O) groups is 1. The summed E-state index contributed by atoms with van der Waals surface area (Å²) in [5.41, 5.74) is 2.43. The van der Waals surface area contributed by atoms with E-state index < -0.39 is 23.1 Å². The van der Waals surface area contributed by atoms with E-state index in [1.54, 1.807) is 13.1 Å². The van der Waals surface area contributed by atoms with E-state index in [1.165, 1.54) is 11.6 Å². The number of Topliss-reactive ketones (excluding diaryl/α,β-unsaturated/α-hetero) is 1. The highest BCUT2D eigenvalue weighted by Crippen LogP contribution is 2.46. The first-order valence-corrected chi connectivity index (χ1v) is 10.3. The number of hydrogen-bond acceptors (Lipinski definition) is 4.